The predicted molar refractivity (Wildman–Crippen MR) is 96.1 cm³/mol. The van der Waals surface area contributed by atoms with Gasteiger partial charge in [0.25, 0.3) is 0 Å². The molecule has 4 heteroatoms. The first-order valence-electron chi connectivity index (χ1n) is 7.87. The highest BCUT2D eigenvalue weighted by molar-refractivity contribution is 6.30. The number of amides is 1. The van der Waals surface area contributed by atoms with Gasteiger partial charge in [-0.15, -0.1) is 0 Å². The van der Waals surface area contributed by atoms with Crippen molar-refractivity contribution in [2.24, 2.45) is 5.92 Å². The topological polar surface area (TPSA) is 46.2 Å². The van der Waals surface area contributed by atoms with Crippen molar-refractivity contribution >= 4 is 29.0 Å². The van der Waals surface area contributed by atoms with Crippen molar-refractivity contribution in [2.45, 2.75) is 19.3 Å². The van der Waals surface area contributed by atoms with Crippen LogP contribution in [-0.2, 0) is 9.59 Å². The van der Waals surface area contributed by atoms with Gasteiger partial charge in [0, 0.05) is 23.0 Å². The van der Waals surface area contributed by atoms with Gasteiger partial charge >= 0.3 is 0 Å². The van der Waals surface area contributed by atoms with E-state index in [1.807, 2.05) is 37.3 Å². The number of ketones is 1. The molecule has 0 fully saturated rings. The Hall–Kier alpha value is -2.39. The molecule has 1 aliphatic rings. The first-order chi connectivity index (χ1) is 11.5. The zero-order valence-corrected chi connectivity index (χ0v) is 14.1. The summed E-state index contributed by atoms with van der Waals surface area (Å²) in [5.74, 6) is -0.576. The number of hydrogen-bond donors (Lipinski definition) is 1. The van der Waals surface area contributed by atoms with Crippen molar-refractivity contribution in [3.05, 3.63) is 76.8 Å². The number of halogens is 1. The molecule has 122 valence electrons. The van der Waals surface area contributed by atoms with Crippen molar-refractivity contribution in [3.63, 3.8) is 0 Å². The number of benzene rings is 2. The molecule has 0 aliphatic heterocycles. The third-order valence-corrected chi connectivity index (χ3v) is 4.54. The van der Waals surface area contributed by atoms with Gasteiger partial charge in [-0.05, 0) is 36.8 Å². The van der Waals surface area contributed by atoms with Crippen LogP contribution in [0.3, 0.4) is 0 Å². The second kappa shape index (κ2) is 7.02. The van der Waals surface area contributed by atoms with Gasteiger partial charge < -0.3 is 5.32 Å². The molecule has 1 N–H and O–H groups in total. The van der Waals surface area contributed by atoms with Crippen LogP contribution in [0, 0.1) is 5.92 Å². The van der Waals surface area contributed by atoms with Crippen LogP contribution < -0.4 is 5.32 Å². The van der Waals surface area contributed by atoms with Crippen LogP contribution in [0.2, 0.25) is 5.02 Å². The highest BCUT2D eigenvalue weighted by Crippen LogP contribution is 2.37. The van der Waals surface area contributed by atoms with Crippen LogP contribution in [0.4, 0.5) is 5.69 Å². The molecule has 0 saturated carbocycles. The largest absolute Gasteiger partial charge is 0.326 e. The molecule has 2 aromatic rings. The Morgan fingerprint density at radius 2 is 1.88 bits per heavy atom. The average Bonchev–Trinajstić information content (AvgIpc) is 2.54. The third kappa shape index (κ3) is 3.57. The van der Waals surface area contributed by atoms with E-state index in [2.05, 4.69) is 5.32 Å². The lowest BCUT2D eigenvalue weighted by Gasteiger charge is -2.30. The van der Waals surface area contributed by atoms with Gasteiger partial charge in [0.05, 0.1) is 5.92 Å². The molecule has 3 nitrogen and oxygen atoms in total. The summed E-state index contributed by atoms with van der Waals surface area (Å²) >= 11 is 5.98. The Kier molecular flexibility index (Phi) is 4.81. The van der Waals surface area contributed by atoms with Gasteiger partial charge in [0.1, 0.15) is 0 Å². The van der Waals surface area contributed by atoms with E-state index in [-0.39, 0.29) is 23.5 Å². The molecule has 24 heavy (non-hydrogen) atoms. The van der Waals surface area contributed by atoms with Gasteiger partial charge in [-0.3, -0.25) is 9.59 Å². The lowest BCUT2D eigenvalue weighted by atomic mass is 9.74. The summed E-state index contributed by atoms with van der Waals surface area (Å²) in [5, 5.41) is 3.49. The minimum absolute atomic E-state index is 0.0631. The van der Waals surface area contributed by atoms with Gasteiger partial charge in [0.15, 0.2) is 5.78 Å². The maximum Gasteiger partial charge on any atom is 0.232 e. The standard InChI is InChI=1S/C20H18ClNO2/c1-13-10-17(23)12-18(14-6-3-2-4-7-14)19(13)20(24)22-16-9-5-8-15(21)11-16/h2-11,18-19H,12H2,1H3,(H,22,24). The second-order valence-corrected chi connectivity index (χ2v) is 6.49. The second-order valence-electron chi connectivity index (χ2n) is 6.05. The van der Waals surface area contributed by atoms with Crippen LogP contribution in [0.5, 0.6) is 0 Å². The van der Waals surface area contributed by atoms with E-state index in [9.17, 15) is 9.59 Å². The van der Waals surface area contributed by atoms with Crippen molar-refractivity contribution in [1.29, 1.82) is 0 Å². The summed E-state index contributed by atoms with van der Waals surface area (Å²) in [7, 11) is 0. The third-order valence-electron chi connectivity index (χ3n) is 4.31. The van der Waals surface area contributed by atoms with Crippen molar-refractivity contribution < 1.29 is 9.59 Å². The number of carbonyl (C=O) groups excluding carboxylic acids is 2. The van der Waals surface area contributed by atoms with E-state index in [1.165, 1.54) is 0 Å². The molecule has 2 aromatic carbocycles. The van der Waals surface area contributed by atoms with Crippen molar-refractivity contribution in [3.8, 4) is 0 Å². The van der Waals surface area contributed by atoms with Crippen molar-refractivity contribution in [2.75, 3.05) is 5.32 Å². The van der Waals surface area contributed by atoms with Crippen LogP contribution in [0.25, 0.3) is 0 Å². The quantitative estimate of drug-likeness (QED) is 0.888. The lowest BCUT2D eigenvalue weighted by molar-refractivity contribution is -0.121. The molecule has 0 saturated heterocycles. The van der Waals surface area contributed by atoms with Crippen LogP contribution in [0.1, 0.15) is 24.8 Å². The first-order valence-corrected chi connectivity index (χ1v) is 8.25. The molecule has 0 bridgehead atoms. The summed E-state index contributed by atoms with van der Waals surface area (Å²) in [6.07, 6.45) is 1.93. The first kappa shape index (κ1) is 16.5. The Bertz CT molecular complexity index is 798. The summed E-state index contributed by atoms with van der Waals surface area (Å²) in [4.78, 5) is 24.9. The van der Waals surface area contributed by atoms with Gasteiger partial charge in [0.2, 0.25) is 5.91 Å². The zero-order chi connectivity index (χ0) is 17.1. The molecule has 1 amide bonds. The molecule has 0 radical (unpaired) electrons. The zero-order valence-electron chi connectivity index (χ0n) is 13.3. The maximum absolute atomic E-state index is 12.9. The normalized spacial score (nSPS) is 20.4. The Morgan fingerprint density at radius 1 is 1.12 bits per heavy atom. The number of anilines is 1. The minimum Gasteiger partial charge on any atom is -0.326 e. The Morgan fingerprint density at radius 3 is 2.58 bits per heavy atom. The highest BCUT2D eigenvalue weighted by Gasteiger charge is 2.35. The molecule has 0 heterocycles. The maximum atomic E-state index is 12.9. The van der Waals surface area contributed by atoms with Crippen LogP contribution >= 0.6 is 11.6 Å². The number of allylic oxidation sites excluding steroid dienone is 1. The highest BCUT2D eigenvalue weighted by atomic mass is 35.5. The predicted octanol–water partition coefficient (Wildman–Crippen LogP) is 4.60. The van der Waals surface area contributed by atoms with E-state index < -0.39 is 0 Å². The Balaban J connectivity index is 1.90. The van der Waals surface area contributed by atoms with Gasteiger partial charge in [-0.25, -0.2) is 0 Å². The fourth-order valence-electron chi connectivity index (χ4n) is 3.24. The summed E-state index contributed by atoms with van der Waals surface area (Å²) in [6.45, 7) is 1.84. The number of hydrogen-bond acceptors (Lipinski definition) is 2. The molecular weight excluding hydrogens is 322 g/mol. The molecular formula is C20H18ClNO2. The molecule has 2 unspecified atom stereocenters. The summed E-state index contributed by atoms with van der Waals surface area (Å²) in [6, 6.07) is 16.8. The molecule has 0 aromatic heterocycles. The van der Waals surface area contributed by atoms with Crippen LogP contribution in [-0.4, -0.2) is 11.7 Å². The Labute approximate surface area is 146 Å². The monoisotopic (exact) mass is 339 g/mol. The fraction of sp³-hybridized carbons (Fsp3) is 0.200. The molecule has 1 aliphatic carbocycles. The van der Waals surface area contributed by atoms with E-state index in [0.29, 0.717) is 17.1 Å². The van der Waals surface area contributed by atoms with E-state index in [1.54, 1.807) is 30.3 Å². The summed E-state index contributed by atoms with van der Waals surface area (Å²) < 4.78 is 0. The molecule has 2 atom stereocenters. The summed E-state index contributed by atoms with van der Waals surface area (Å²) in [5.41, 5.74) is 2.45. The molecule has 3 rings (SSSR count). The van der Waals surface area contributed by atoms with E-state index >= 15 is 0 Å². The lowest BCUT2D eigenvalue weighted by Crippen LogP contribution is -2.33. The molecule has 0 spiro atoms. The number of nitrogens with one attached hydrogen (secondary N) is 1. The number of carbonyl (C=O) groups is 2. The van der Waals surface area contributed by atoms with Crippen molar-refractivity contribution in [1.82, 2.24) is 0 Å². The van der Waals surface area contributed by atoms with Gasteiger partial charge in [-0.2, -0.15) is 0 Å². The van der Waals surface area contributed by atoms with E-state index in [0.717, 1.165) is 11.1 Å². The van der Waals surface area contributed by atoms with Gasteiger partial charge in [-0.1, -0.05) is 53.6 Å². The smallest absolute Gasteiger partial charge is 0.232 e. The number of rotatable bonds is 3. The van der Waals surface area contributed by atoms with Crippen LogP contribution in [0.15, 0.2) is 66.2 Å². The minimum atomic E-state index is -0.371. The average molecular weight is 340 g/mol. The fourth-order valence-corrected chi connectivity index (χ4v) is 3.43. The SMILES string of the molecule is CC1=CC(=O)CC(c2ccccc2)C1C(=O)Nc1cccc(Cl)c1. The van der Waals surface area contributed by atoms with E-state index in [4.69, 9.17) is 11.6 Å².